The molecule has 1 amide bonds. The molecule has 132 valence electrons. The van der Waals surface area contributed by atoms with E-state index in [1.165, 1.54) is 25.3 Å². The third-order valence-electron chi connectivity index (χ3n) is 3.67. The number of aromatic nitrogens is 1. The molecule has 0 fully saturated rings. The molecule has 2 heterocycles. The van der Waals surface area contributed by atoms with E-state index in [-0.39, 0.29) is 18.0 Å². The first-order valence-electron chi connectivity index (χ1n) is 7.66. The van der Waals surface area contributed by atoms with E-state index in [9.17, 15) is 14.4 Å². The summed E-state index contributed by atoms with van der Waals surface area (Å²) in [6, 6.07) is 3.35. The molecule has 0 spiro atoms. The number of aromatic amines is 1. The Morgan fingerprint density at radius 3 is 2.64 bits per heavy atom. The van der Waals surface area contributed by atoms with Gasteiger partial charge in [-0.15, -0.1) is 0 Å². The summed E-state index contributed by atoms with van der Waals surface area (Å²) in [5.74, 6) is -0.112. The normalized spacial score (nSPS) is 10.9. The highest BCUT2D eigenvalue weighted by Gasteiger charge is 2.14. The number of rotatable bonds is 5. The fourth-order valence-corrected chi connectivity index (χ4v) is 2.39. The van der Waals surface area contributed by atoms with Gasteiger partial charge in [-0.1, -0.05) is 0 Å². The molecule has 0 aliphatic heterocycles. The SMILES string of the molecule is COC(=O)c1cc(C=CC(=O)NCc2c(C)cc(C)[nH]c2=O)oc1C. The molecule has 0 saturated carbocycles. The number of hydrogen-bond donors (Lipinski definition) is 2. The Labute approximate surface area is 144 Å². The molecule has 0 bridgehead atoms. The Bertz CT molecular complexity index is 889. The van der Waals surface area contributed by atoms with E-state index in [0.717, 1.165) is 11.3 Å². The van der Waals surface area contributed by atoms with Gasteiger partial charge in [-0.2, -0.15) is 0 Å². The third-order valence-corrected chi connectivity index (χ3v) is 3.67. The number of methoxy groups -OCH3 is 1. The van der Waals surface area contributed by atoms with Gasteiger partial charge in [-0.05, 0) is 44.5 Å². The van der Waals surface area contributed by atoms with E-state index in [1.54, 1.807) is 13.8 Å². The van der Waals surface area contributed by atoms with Gasteiger partial charge in [0, 0.05) is 23.9 Å². The Morgan fingerprint density at radius 1 is 1.28 bits per heavy atom. The zero-order chi connectivity index (χ0) is 18.6. The number of furan rings is 1. The molecule has 2 aromatic heterocycles. The smallest absolute Gasteiger partial charge is 0.341 e. The molecule has 0 atom stereocenters. The Kier molecular flexibility index (Phi) is 5.59. The first kappa shape index (κ1) is 18.3. The molecular weight excluding hydrogens is 324 g/mol. The molecule has 2 aromatic rings. The zero-order valence-corrected chi connectivity index (χ0v) is 14.6. The van der Waals surface area contributed by atoms with E-state index in [1.807, 2.05) is 13.0 Å². The maximum absolute atomic E-state index is 11.9. The van der Waals surface area contributed by atoms with Crippen LogP contribution in [0, 0.1) is 20.8 Å². The standard InChI is InChI=1S/C18H20N2O5/c1-10-7-11(2)20-17(22)15(10)9-19-16(21)6-5-13-8-14(12(3)25-13)18(23)24-4/h5-8H,9H2,1-4H3,(H,19,21)(H,20,22). The molecule has 0 saturated heterocycles. The third kappa shape index (κ3) is 4.47. The van der Waals surface area contributed by atoms with Gasteiger partial charge in [0.15, 0.2) is 0 Å². The number of esters is 1. The van der Waals surface area contributed by atoms with Crippen molar-refractivity contribution in [3.63, 3.8) is 0 Å². The average molecular weight is 344 g/mol. The summed E-state index contributed by atoms with van der Waals surface area (Å²) in [7, 11) is 1.28. The number of ether oxygens (including phenoxy) is 1. The molecule has 0 aliphatic rings. The number of amides is 1. The van der Waals surface area contributed by atoms with Crippen molar-refractivity contribution in [2.45, 2.75) is 27.3 Å². The van der Waals surface area contributed by atoms with Crippen molar-refractivity contribution in [3.8, 4) is 0 Å². The van der Waals surface area contributed by atoms with Crippen molar-refractivity contribution in [3.05, 3.63) is 62.5 Å². The molecule has 2 N–H and O–H groups in total. The molecule has 0 aliphatic carbocycles. The lowest BCUT2D eigenvalue weighted by Crippen LogP contribution is -2.26. The van der Waals surface area contributed by atoms with Gasteiger partial charge in [-0.3, -0.25) is 9.59 Å². The number of carbonyl (C=O) groups excluding carboxylic acids is 2. The number of carbonyl (C=O) groups is 2. The van der Waals surface area contributed by atoms with Crippen LogP contribution in [0.2, 0.25) is 0 Å². The van der Waals surface area contributed by atoms with Crippen LogP contribution in [0.15, 0.2) is 27.4 Å². The highest BCUT2D eigenvalue weighted by atomic mass is 16.5. The minimum Gasteiger partial charge on any atom is -0.465 e. The van der Waals surface area contributed by atoms with Crippen LogP contribution in [0.4, 0.5) is 0 Å². The van der Waals surface area contributed by atoms with E-state index in [2.05, 4.69) is 15.0 Å². The van der Waals surface area contributed by atoms with Crippen LogP contribution in [-0.4, -0.2) is 24.0 Å². The molecule has 0 unspecified atom stereocenters. The predicted octanol–water partition coefficient (Wildman–Crippen LogP) is 2.01. The quantitative estimate of drug-likeness (QED) is 0.638. The van der Waals surface area contributed by atoms with Gasteiger partial charge >= 0.3 is 5.97 Å². The van der Waals surface area contributed by atoms with E-state index in [0.29, 0.717) is 22.6 Å². The molecule has 7 heteroatoms. The van der Waals surface area contributed by atoms with Crippen LogP contribution < -0.4 is 10.9 Å². The summed E-state index contributed by atoms with van der Waals surface area (Å²) >= 11 is 0. The van der Waals surface area contributed by atoms with Crippen LogP contribution in [0.5, 0.6) is 0 Å². The molecule has 0 radical (unpaired) electrons. The summed E-state index contributed by atoms with van der Waals surface area (Å²) < 4.78 is 10.0. The second-order valence-corrected chi connectivity index (χ2v) is 5.60. The van der Waals surface area contributed by atoms with Gasteiger partial charge in [0.25, 0.3) is 5.56 Å². The van der Waals surface area contributed by atoms with Crippen molar-refractivity contribution in [1.82, 2.24) is 10.3 Å². The fraction of sp³-hybridized carbons (Fsp3) is 0.278. The van der Waals surface area contributed by atoms with Crippen molar-refractivity contribution in [1.29, 1.82) is 0 Å². The van der Waals surface area contributed by atoms with Gasteiger partial charge in [0.1, 0.15) is 17.1 Å². The molecular formula is C18H20N2O5. The highest BCUT2D eigenvalue weighted by molar-refractivity contribution is 5.93. The summed E-state index contributed by atoms with van der Waals surface area (Å²) in [5, 5.41) is 2.65. The Morgan fingerprint density at radius 2 is 2.00 bits per heavy atom. The minimum absolute atomic E-state index is 0.120. The first-order chi connectivity index (χ1) is 11.8. The van der Waals surface area contributed by atoms with Gasteiger partial charge in [0.05, 0.1) is 7.11 Å². The zero-order valence-electron chi connectivity index (χ0n) is 14.6. The maximum Gasteiger partial charge on any atom is 0.341 e. The van der Waals surface area contributed by atoms with Crippen molar-refractivity contribution in [2.24, 2.45) is 0 Å². The summed E-state index contributed by atoms with van der Waals surface area (Å²) in [6.07, 6.45) is 2.72. The van der Waals surface area contributed by atoms with E-state index >= 15 is 0 Å². The van der Waals surface area contributed by atoms with E-state index < -0.39 is 5.97 Å². The molecule has 2 rings (SSSR count). The molecule has 25 heavy (non-hydrogen) atoms. The van der Waals surface area contributed by atoms with Crippen LogP contribution in [0.3, 0.4) is 0 Å². The largest absolute Gasteiger partial charge is 0.465 e. The maximum atomic E-state index is 11.9. The highest BCUT2D eigenvalue weighted by Crippen LogP contribution is 2.16. The monoisotopic (exact) mass is 344 g/mol. The van der Waals surface area contributed by atoms with Gasteiger partial charge in [-0.25, -0.2) is 4.79 Å². The minimum atomic E-state index is -0.501. The van der Waals surface area contributed by atoms with Crippen LogP contribution in [-0.2, 0) is 16.1 Å². The van der Waals surface area contributed by atoms with Crippen LogP contribution in [0.1, 0.15) is 38.7 Å². The second kappa shape index (κ2) is 7.65. The number of nitrogens with one attached hydrogen (secondary N) is 2. The molecule has 7 nitrogen and oxygen atoms in total. The van der Waals surface area contributed by atoms with Crippen LogP contribution in [0.25, 0.3) is 6.08 Å². The summed E-state index contributed by atoms with van der Waals surface area (Å²) in [4.78, 5) is 38.0. The van der Waals surface area contributed by atoms with Crippen LogP contribution >= 0.6 is 0 Å². The number of aryl methyl sites for hydroxylation is 3. The topological polar surface area (TPSA) is 101 Å². The number of pyridine rings is 1. The lowest BCUT2D eigenvalue weighted by atomic mass is 10.1. The first-order valence-corrected chi connectivity index (χ1v) is 7.66. The van der Waals surface area contributed by atoms with Crippen molar-refractivity contribution < 1.29 is 18.7 Å². The van der Waals surface area contributed by atoms with Crippen molar-refractivity contribution in [2.75, 3.05) is 7.11 Å². The summed E-state index contributed by atoms with van der Waals surface area (Å²) in [6.45, 7) is 5.37. The van der Waals surface area contributed by atoms with Gasteiger partial charge in [0.2, 0.25) is 5.91 Å². The van der Waals surface area contributed by atoms with Crippen molar-refractivity contribution >= 4 is 18.0 Å². The molecule has 0 aromatic carbocycles. The summed E-state index contributed by atoms with van der Waals surface area (Å²) in [5.41, 5.74) is 2.19. The number of hydrogen-bond acceptors (Lipinski definition) is 5. The lowest BCUT2D eigenvalue weighted by molar-refractivity contribution is -0.116. The Balaban J connectivity index is 2.02. The Hall–Kier alpha value is -3.09. The lowest BCUT2D eigenvalue weighted by Gasteiger charge is -2.06. The number of H-pyrrole nitrogens is 1. The fourth-order valence-electron chi connectivity index (χ4n) is 2.39. The van der Waals surface area contributed by atoms with Gasteiger partial charge < -0.3 is 19.5 Å². The second-order valence-electron chi connectivity index (χ2n) is 5.60. The predicted molar refractivity (Wildman–Crippen MR) is 92.2 cm³/mol. The average Bonchev–Trinajstić information content (AvgIpc) is 2.92. The van der Waals surface area contributed by atoms with E-state index in [4.69, 9.17) is 4.42 Å².